The zero-order chi connectivity index (χ0) is 11.1. The van der Waals surface area contributed by atoms with E-state index in [-0.39, 0.29) is 5.83 Å². The highest BCUT2D eigenvalue weighted by atomic mass is 19.1. The fourth-order valence-corrected chi connectivity index (χ4v) is 0.703. The first-order valence-electron chi connectivity index (χ1n) is 4.33. The molecule has 0 aromatic carbocycles. The molecule has 0 atom stereocenters. The van der Waals surface area contributed by atoms with Crippen LogP contribution in [0.4, 0.5) is 4.39 Å². The molecule has 0 saturated carbocycles. The van der Waals surface area contributed by atoms with E-state index in [1.165, 1.54) is 12.3 Å². The maximum Gasteiger partial charge on any atom is 0.126 e. The van der Waals surface area contributed by atoms with Gasteiger partial charge in [-0.15, -0.1) is 0 Å². The molecule has 0 radical (unpaired) electrons. The van der Waals surface area contributed by atoms with E-state index in [9.17, 15) is 4.39 Å². The minimum absolute atomic E-state index is 0.322. The van der Waals surface area contributed by atoms with Gasteiger partial charge in [0.2, 0.25) is 0 Å². The Hall–Kier alpha value is -1.44. The first kappa shape index (κ1) is 12.6. The Morgan fingerprint density at radius 1 is 1.29 bits per heavy atom. The molecule has 0 aromatic rings. The van der Waals surface area contributed by atoms with Crippen LogP contribution in [0.5, 0.6) is 0 Å². The summed E-state index contributed by atoms with van der Waals surface area (Å²) < 4.78 is 13.2. The minimum Gasteiger partial charge on any atom is -0.265 e. The first-order valence-corrected chi connectivity index (χ1v) is 4.33. The van der Waals surface area contributed by atoms with E-state index >= 15 is 0 Å². The highest BCUT2D eigenvalue weighted by molar-refractivity contribution is 5.84. The van der Waals surface area contributed by atoms with Gasteiger partial charge in [0, 0.05) is 12.4 Å². The van der Waals surface area contributed by atoms with Crippen molar-refractivity contribution in [2.75, 3.05) is 0 Å². The summed E-state index contributed by atoms with van der Waals surface area (Å²) >= 11 is 0. The van der Waals surface area contributed by atoms with Gasteiger partial charge in [0.15, 0.2) is 0 Å². The molecule has 0 aliphatic carbocycles. The van der Waals surface area contributed by atoms with Gasteiger partial charge in [-0.3, -0.25) is 4.99 Å². The largest absolute Gasteiger partial charge is 0.265 e. The van der Waals surface area contributed by atoms with Gasteiger partial charge < -0.3 is 0 Å². The average molecular weight is 193 g/mol. The van der Waals surface area contributed by atoms with Gasteiger partial charge in [-0.2, -0.15) is 0 Å². The number of aliphatic imine (C=N–C) groups is 1. The van der Waals surface area contributed by atoms with Crippen LogP contribution in [-0.2, 0) is 0 Å². The number of hydrogen-bond acceptors (Lipinski definition) is 1. The molecule has 0 heterocycles. The molecule has 1 nitrogen and oxygen atoms in total. The van der Waals surface area contributed by atoms with Crippen LogP contribution in [0.15, 0.2) is 53.0 Å². The smallest absolute Gasteiger partial charge is 0.126 e. The van der Waals surface area contributed by atoms with E-state index in [0.29, 0.717) is 5.57 Å². The summed E-state index contributed by atoms with van der Waals surface area (Å²) in [6, 6.07) is 0. The van der Waals surface area contributed by atoms with Crippen LogP contribution in [-0.4, -0.2) is 6.21 Å². The summed E-state index contributed by atoms with van der Waals surface area (Å²) in [5.74, 6) is -0.322. The summed E-state index contributed by atoms with van der Waals surface area (Å²) in [5.41, 5.74) is 2.15. The van der Waals surface area contributed by atoms with Crippen LogP contribution in [0.2, 0.25) is 0 Å². The van der Waals surface area contributed by atoms with Gasteiger partial charge in [-0.1, -0.05) is 18.7 Å². The van der Waals surface area contributed by atoms with Crippen LogP contribution in [0, 0.1) is 0 Å². The monoisotopic (exact) mass is 193 g/mol. The Kier molecular flexibility index (Phi) is 5.46. The zero-order valence-corrected chi connectivity index (χ0v) is 8.97. The topological polar surface area (TPSA) is 12.4 Å². The number of rotatable bonds is 4. The van der Waals surface area contributed by atoms with Gasteiger partial charge >= 0.3 is 0 Å². The highest BCUT2D eigenvalue weighted by Gasteiger charge is 1.98. The molecule has 0 N–H and O–H groups in total. The average Bonchev–Trinajstić information content (AvgIpc) is 2.10. The second-order valence-electron chi connectivity index (χ2n) is 3.19. The fraction of sp³-hybridized carbons (Fsp3) is 0.250. The first-order chi connectivity index (χ1) is 6.49. The molecule has 14 heavy (non-hydrogen) atoms. The number of nitrogens with zero attached hydrogens (tertiary/aromatic N) is 1. The Bertz CT molecular complexity index is 315. The molecule has 0 spiro atoms. The second kappa shape index (κ2) is 6.08. The molecule has 0 aliphatic heterocycles. The van der Waals surface area contributed by atoms with Gasteiger partial charge in [0.25, 0.3) is 0 Å². The molecule has 2 heteroatoms. The predicted octanol–water partition coefficient (Wildman–Crippen LogP) is 3.97. The van der Waals surface area contributed by atoms with Crippen LogP contribution < -0.4 is 0 Å². The van der Waals surface area contributed by atoms with E-state index in [2.05, 4.69) is 18.2 Å². The molecule has 0 aliphatic rings. The lowest BCUT2D eigenvalue weighted by atomic mass is 10.1. The van der Waals surface area contributed by atoms with Crippen molar-refractivity contribution >= 4 is 6.21 Å². The summed E-state index contributed by atoms with van der Waals surface area (Å²) in [7, 11) is 0. The predicted molar refractivity (Wildman–Crippen MR) is 61.1 cm³/mol. The third-order valence-electron chi connectivity index (χ3n) is 1.59. The van der Waals surface area contributed by atoms with E-state index in [1.54, 1.807) is 13.1 Å². The van der Waals surface area contributed by atoms with Crippen molar-refractivity contribution < 1.29 is 4.39 Å². The fourth-order valence-electron chi connectivity index (χ4n) is 0.703. The summed E-state index contributed by atoms with van der Waals surface area (Å²) in [5, 5.41) is 0. The Morgan fingerprint density at radius 2 is 1.86 bits per heavy atom. The standard InChI is InChI=1S/C12H16FN/c1-6-14-8-11(9(2)3)7-12(13)10(4)5/h6-8H,1,4H2,2-3,5H3/b12-7+,14-8?. The minimum atomic E-state index is -0.322. The molecular weight excluding hydrogens is 177 g/mol. The normalized spacial score (nSPS) is 11.6. The molecule has 0 unspecified atom stereocenters. The van der Waals surface area contributed by atoms with Crippen molar-refractivity contribution in [3.63, 3.8) is 0 Å². The third-order valence-corrected chi connectivity index (χ3v) is 1.59. The zero-order valence-electron chi connectivity index (χ0n) is 8.97. The maximum absolute atomic E-state index is 13.2. The van der Waals surface area contributed by atoms with Crippen LogP contribution in [0.1, 0.15) is 20.8 Å². The van der Waals surface area contributed by atoms with E-state index in [0.717, 1.165) is 11.1 Å². The molecule has 76 valence electrons. The SMILES string of the molecule is C=CN=CC(/C=C(/F)C(=C)C)=C(C)C. The van der Waals surface area contributed by atoms with Gasteiger partial charge in [-0.25, -0.2) is 4.39 Å². The van der Waals surface area contributed by atoms with Crippen molar-refractivity contribution in [3.05, 3.63) is 48.0 Å². The van der Waals surface area contributed by atoms with Gasteiger partial charge in [0.05, 0.1) is 0 Å². The number of hydrogen-bond donors (Lipinski definition) is 0. The van der Waals surface area contributed by atoms with Crippen molar-refractivity contribution in [2.45, 2.75) is 20.8 Å². The Labute approximate surface area is 85.1 Å². The lowest BCUT2D eigenvalue weighted by Crippen LogP contribution is -1.86. The molecule has 0 bridgehead atoms. The van der Waals surface area contributed by atoms with E-state index in [1.807, 2.05) is 13.8 Å². The highest BCUT2D eigenvalue weighted by Crippen LogP contribution is 2.13. The Balaban J connectivity index is 4.99. The van der Waals surface area contributed by atoms with Crippen LogP contribution in [0.25, 0.3) is 0 Å². The number of allylic oxidation sites excluding steroid dienone is 5. The molecule has 0 saturated heterocycles. The summed E-state index contributed by atoms with van der Waals surface area (Å²) in [4.78, 5) is 3.85. The maximum atomic E-state index is 13.2. The molecule has 0 fully saturated rings. The van der Waals surface area contributed by atoms with E-state index < -0.39 is 0 Å². The molecule has 0 aromatic heterocycles. The summed E-state index contributed by atoms with van der Waals surface area (Å²) in [6.45, 7) is 12.4. The van der Waals surface area contributed by atoms with Crippen molar-refractivity contribution in [1.82, 2.24) is 0 Å². The van der Waals surface area contributed by atoms with Crippen LogP contribution >= 0.6 is 0 Å². The Morgan fingerprint density at radius 3 is 2.21 bits per heavy atom. The van der Waals surface area contributed by atoms with Gasteiger partial charge in [0.1, 0.15) is 5.83 Å². The number of halogens is 1. The van der Waals surface area contributed by atoms with Crippen molar-refractivity contribution in [3.8, 4) is 0 Å². The van der Waals surface area contributed by atoms with Crippen molar-refractivity contribution in [1.29, 1.82) is 0 Å². The van der Waals surface area contributed by atoms with Crippen molar-refractivity contribution in [2.24, 2.45) is 4.99 Å². The quantitative estimate of drug-likeness (QED) is 0.473. The summed E-state index contributed by atoms with van der Waals surface area (Å²) in [6.07, 6.45) is 4.41. The molecule has 0 amide bonds. The molecular formula is C12H16FN. The molecule has 0 rings (SSSR count). The van der Waals surface area contributed by atoms with E-state index in [4.69, 9.17) is 0 Å². The second-order valence-corrected chi connectivity index (χ2v) is 3.19. The lowest BCUT2D eigenvalue weighted by Gasteiger charge is -1.99. The van der Waals surface area contributed by atoms with Gasteiger partial charge in [-0.05, 0) is 38.0 Å². The third kappa shape index (κ3) is 4.55. The lowest BCUT2D eigenvalue weighted by molar-refractivity contribution is 0.652. The van der Waals surface area contributed by atoms with Crippen LogP contribution in [0.3, 0.4) is 0 Å².